The number of nitrogens with zero attached hydrogens (tertiary/aromatic N) is 4. The summed E-state index contributed by atoms with van der Waals surface area (Å²) in [6, 6.07) is 3.83. The molecule has 0 N–H and O–H groups in total. The Balaban J connectivity index is 1.70. The van der Waals surface area contributed by atoms with Gasteiger partial charge in [-0.1, -0.05) is 11.2 Å². The van der Waals surface area contributed by atoms with Crippen molar-refractivity contribution < 1.29 is 9.32 Å². The van der Waals surface area contributed by atoms with Gasteiger partial charge >= 0.3 is 0 Å². The quantitative estimate of drug-likeness (QED) is 0.829. The van der Waals surface area contributed by atoms with Crippen LogP contribution in [0.1, 0.15) is 29.6 Å². The lowest BCUT2D eigenvalue weighted by atomic mass is 10.1. The van der Waals surface area contributed by atoms with E-state index >= 15 is 0 Å². The fourth-order valence-corrected chi connectivity index (χ4v) is 2.28. The number of likely N-dealkylation sites (tertiary alicyclic amines) is 1. The maximum absolute atomic E-state index is 12.0. The van der Waals surface area contributed by atoms with Crippen molar-refractivity contribution >= 4 is 5.91 Å². The highest BCUT2D eigenvalue weighted by atomic mass is 16.5. The molecule has 98 valence electrons. The number of aryl methyl sites for hydroxylation is 1. The molecule has 0 spiro atoms. The van der Waals surface area contributed by atoms with Crippen molar-refractivity contribution in [1.82, 2.24) is 20.0 Å². The maximum Gasteiger partial charge on any atom is 0.232 e. The predicted octanol–water partition coefficient (Wildman–Crippen LogP) is 1.29. The second-order valence-corrected chi connectivity index (χ2v) is 4.72. The summed E-state index contributed by atoms with van der Waals surface area (Å²) in [5.74, 6) is 1.28. The number of hydrogen-bond donors (Lipinski definition) is 0. The van der Waals surface area contributed by atoms with Crippen LogP contribution in [0.3, 0.4) is 0 Å². The Hall–Kier alpha value is -2.24. The lowest BCUT2D eigenvalue weighted by Gasteiger charge is -2.15. The van der Waals surface area contributed by atoms with E-state index in [1.807, 2.05) is 12.1 Å². The summed E-state index contributed by atoms with van der Waals surface area (Å²) in [6.07, 6.45) is 3.93. The van der Waals surface area contributed by atoms with E-state index in [1.54, 1.807) is 24.2 Å². The first-order valence-corrected chi connectivity index (χ1v) is 6.19. The summed E-state index contributed by atoms with van der Waals surface area (Å²) in [7, 11) is 0. The van der Waals surface area contributed by atoms with Crippen LogP contribution in [0, 0.1) is 6.92 Å². The van der Waals surface area contributed by atoms with E-state index in [4.69, 9.17) is 4.52 Å². The molecule has 1 atom stereocenters. The zero-order valence-corrected chi connectivity index (χ0v) is 10.6. The number of rotatable bonds is 3. The monoisotopic (exact) mass is 258 g/mol. The third-order valence-corrected chi connectivity index (χ3v) is 3.20. The summed E-state index contributed by atoms with van der Waals surface area (Å²) in [5, 5.41) is 3.77. The van der Waals surface area contributed by atoms with Gasteiger partial charge in [-0.3, -0.25) is 9.78 Å². The Labute approximate surface area is 110 Å². The maximum atomic E-state index is 12.0. The molecule has 6 nitrogen and oxygen atoms in total. The van der Waals surface area contributed by atoms with E-state index in [1.165, 1.54) is 0 Å². The lowest BCUT2D eigenvalue weighted by molar-refractivity contribution is -0.128. The molecular formula is C13H14N4O2. The molecule has 1 fully saturated rings. The van der Waals surface area contributed by atoms with E-state index in [0.717, 1.165) is 5.56 Å². The number of carbonyl (C=O) groups excluding carboxylic acids is 1. The van der Waals surface area contributed by atoms with Gasteiger partial charge < -0.3 is 9.42 Å². The van der Waals surface area contributed by atoms with Gasteiger partial charge in [0, 0.05) is 31.9 Å². The molecule has 19 heavy (non-hydrogen) atoms. The lowest BCUT2D eigenvalue weighted by Crippen LogP contribution is -2.24. The van der Waals surface area contributed by atoms with Crippen LogP contribution in [0.15, 0.2) is 29.0 Å². The molecule has 0 saturated carbocycles. The third kappa shape index (κ3) is 2.47. The summed E-state index contributed by atoms with van der Waals surface area (Å²) < 4.78 is 5.14. The SMILES string of the molecule is Cc1noc(C2CC(=O)N(Cc3cccnc3)C2)n1. The minimum atomic E-state index is 0.00497. The molecule has 0 aliphatic carbocycles. The van der Waals surface area contributed by atoms with Crippen molar-refractivity contribution in [2.45, 2.75) is 25.8 Å². The molecule has 2 aromatic heterocycles. The van der Waals surface area contributed by atoms with Crippen LogP contribution >= 0.6 is 0 Å². The normalized spacial score (nSPS) is 19.1. The molecule has 1 aliphatic rings. The van der Waals surface area contributed by atoms with Gasteiger partial charge in [0.1, 0.15) is 0 Å². The fraction of sp³-hybridized carbons (Fsp3) is 0.385. The molecule has 1 amide bonds. The number of aromatic nitrogens is 3. The van der Waals surface area contributed by atoms with Gasteiger partial charge in [0.15, 0.2) is 5.82 Å². The predicted molar refractivity (Wildman–Crippen MR) is 66.0 cm³/mol. The average Bonchev–Trinajstić information content (AvgIpc) is 2.98. The fourth-order valence-electron chi connectivity index (χ4n) is 2.28. The van der Waals surface area contributed by atoms with Crippen LogP contribution in [0.2, 0.25) is 0 Å². The Bertz CT molecular complexity index is 581. The average molecular weight is 258 g/mol. The second-order valence-electron chi connectivity index (χ2n) is 4.72. The van der Waals surface area contributed by atoms with Crippen molar-refractivity contribution in [2.75, 3.05) is 6.54 Å². The van der Waals surface area contributed by atoms with E-state index in [-0.39, 0.29) is 11.8 Å². The molecule has 1 unspecified atom stereocenters. The van der Waals surface area contributed by atoms with Crippen LogP contribution in [0.4, 0.5) is 0 Å². The Morgan fingerprint density at radius 1 is 1.53 bits per heavy atom. The highest BCUT2D eigenvalue weighted by molar-refractivity contribution is 5.79. The van der Waals surface area contributed by atoms with Crippen LogP contribution in [0.5, 0.6) is 0 Å². The smallest absolute Gasteiger partial charge is 0.232 e. The van der Waals surface area contributed by atoms with E-state index in [9.17, 15) is 4.79 Å². The van der Waals surface area contributed by atoms with E-state index in [0.29, 0.717) is 31.2 Å². The molecule has 1 aliphatic heterocycles. The van der Waals surface area contributed by atoms with Crippen molar-refractivity contribution in [2.24, 2.45) is 0 Å². The molecule has 2 aromatic rings. The minimum Gasteiger partial charge on any atom is -0.339 e. The van der Waals surface area contributed by atoms with E-state index in [2.05, 4.69) is 15.1 Å². The highest BCUT2D eigenvalue weighted by Crippen LogP contribution is 2.27. The summed E-state index contributed by atoms with van der Waals surface area (Å²) in [6.45, 7) is 2.98. The summed E-state index contributed by atoms with van der Waals surface area (Å²) in [4.78, 5) is 22.0. The molecule has 0 aromatic carbocycles. The largest absolute Gasteiger partial charge is 0.339 e. The Kier molecular flexibility index (Phi) is 2.98. The van der Waals surface area contributed by atoms with Crippen LogP contribution in [0.25, 0.3) is 0 Å². The van der Waals surface area contributed by atoms with Gasteiger partial charge in [-0.25, -0.2) is 0 Å². The van der Waals surface area contributed by atoms with Crippen molar-refractivity contribution in [1.29, 1.82) is 0 Å². The van der Waals surface area contributed by atoms with E-state index < -0.39 is 0 Å². The van der Waals surface area contributed by atoms with Gasteiger partial charge in [0.2, 0.25) is 11.8 Å². The van der Waals surface area contributed by atoms with Crippen LogP contribution in [-0.2, 0) is 11.3 Å². The summed E-state index contributed by atoms with van der Waals surface area (Å²) >= 11 is 0. The number of carbonyl (C=O) groups is 1. The minimum absolute atomic E-state index is 0.00497. The number of hydrogen-bond acceptors (Lipinski definition) is 5. The van der Waals surface area contributed by atoms with Crippen molar-refractivity contribution in [3.8, 4) is 0 Å². The second kappa shape index (κ2) is 4.79. The van der Waals surface area contributed by atoms with Gasteiger partial charge in [0.25, 0.3) is 0 Å². The first kappa shape index (κ1) is 11.8. The zero-order chi connectivity index (χ0) is 13.2. The van der Waals surface area contributed by atoms with Gasteiger partial charge in [0.05, 0.1) is 5.92 Å². The molecule has 3 heterocycles. The van der Waals surface area contributed by atoms with Crippen molar-refractivity contribution in [3.63, 3.8) is 0 Å². The first-order valence-electron chi connectivity index (χ1n) is 6.19. The zero-order valence-electron chi connectivity index (χ0n) is 10.6. The molecule has 1 saturated heterocycles. The standard InChI is InChI=1S/C13H14N4O2/c1-9-15-13(19-16-9)11-5-12(18)17(8-11)7-10-3-2-4-14-6-10/h2-4,6,11H,5,7-8H2,1H3. The molecule has 6 heteroatoms. The van der Waals surface area contributed by atoms with Crippen molar-refractivity contribution in [3.05, 3.63) is 41.8 Å². The number of pyridine rings is 1. The summed E-state index contributed by atoms with van der Waals surface area (Å²) in [5.41, 5.74) is 1.03. The highest BCUT2D eigenvalue weighted by Gasteiger charge is 2.33. The first-order chi connectivity index (χ1) is 9.22. The Morgan fingerprint density at radius 3 is 3.11 bits per heavy atom. The van der Waals surface area contributed by atoms with Gasteiger partial charge in [-0.2, -0.15) is 4.98 Å². The van der Waals surface area contributed by atoms with Gasteiger partial charge in [-0.05, 0) is 18.6 Å². The van der Waals surface area contributed by atoms with Gasteiger partial charge in [-0.15, -0.1) is 0 Å². The molecule has 0 bridgehead atoms. The van der Waals surface area contributed by atoms with Crippen LogP contribution in [-0.4, -0.2) is 32.5 Å². The third-order valence-electron chi connectivity index (χ3n) is 3.20. The molecule has 3 rings (SSSR count). The topological polar surface area (TPSA) is 72.1 Å². The molecule has 0 radical (unpaired) electrons. The number of amides is 1. The van der Waals surface area contributed by atoms with Crippen LogP contribution < -0.4 is 0 Å². The molecular weight excluding hydrogens is 244 g/mol. The Morgan fingerprint density at radius 2 is 2.42 bits per heavy atom.